The Bertz CT molecular complexity index is 571. The van der Waals surface area contributed by atoms with E-state index in [2.05, 4.69) is 5.32 Å². The van der Waals surface area contributed by atoms with Gasteiger partial charge in [-0.2, -0.15) is 0 Å². The van der Waals surface area contributed by atoms with Gasteiger partial charge >= 0.3 is 5.97 Å². The first-order chi connectivity index (χ1) is 10.2. The number of rotatable bonds is 2. The van der Waals surface area contributed by atoms with Crippen LogP contribution < -0.4 is 5.32 Å². The molecule has 0 bridgehead atoms. The molecule has 5 nitrogen and oxygen atoms in total. The molecular weight excluding hydrogens is 268 g/mol. The summed E-state index contributed by atoms with van der Waals surface area (Å²) in [6, 6.07) is 4.96. The summed E-state index contributed by atoms with van der Waals surface area (Å²) >= 11 is 0. The van der Waals surface area contributed by atoms with Gasteiger partial charge in [-0.3, -0.25) is 4.79 Å². The van der Waals surface area contributed by atoms with Crippen LogP contribution in [0.15, 0.2) is 18.2 Å². The van der Waals surface area contributed by atoms with E-state index in [1.54, 1.807) is 6.07 Å². The van der Waals surface area contributed by atoms with Gasteiger partial charge in [0.25, 0.3) is 5.91 Å². The van der Waals surface area contributed by atoms with Crippen LogP contribution in [0.2, 0.25) is 0 Å². The van der Waals surface area contributed by atoms with Gasteiger partial charge in [0, 0.05) is 24.3 Å². The Hall–Kier alpha value is -2.04. The van der Waals surface area contributed by atoms with E-state index in [9.17, 15) is 14.7 Å². The second kappa shape index (κ2) is 5.76. The summed E-state index contributed by atoms with van der Waals surface area (Å²) in [7, 11) is 0. The highest BCUT2D eigenvalue weighted by molar-refractivity contribution is 5.97. The van der Waals surface area contributed by atoms with Gasteiger partial charge < -0.3 is 15.3 Å². The van der Waals surface area contributed by atoms with Crippen LogP contribution in [0, 0.1) is 0 Å². The van der Waals surface area contributed by atoms with Crippen molar-refractivity contribution in [1.29, 1.82) is 0 Å². The number of hydrogen-bond acceptors (Lipinski definition) is 3. The molecule has 1 saturated heterocycles. The zero-order chi connectivity index (χ0) is 14.8. The molecule has 0 aromatic heterocycles. The molecule has 2 aliphatic heterocycles. The summed E-state index contributed by atoms with van der Waals surface area (Å²) in [5.41, 5.74) is 2.84. The highest BCUT2D eigenvalue weighted by Crippen LogP contribution is 2.25. The fourth-order valence-electron chi connectivity index (χ4n) is 3.21. The number of nitrogens with zero attached hydrogens (tertiary/aromatic N) is 1. The Kier molecular flexibility index (Phi) is 3.82. The molecule has 3 rings (SSSR count). The molecular formula is C16H20N2O3. The molecule has 5 heteroatoms. The zero-order valence-electron chi connectivity index (χ0n) is 12.0. The number of carbonyl (C=O) groups is 2. The van der Waals surface area contributed by atoms with Gasteiger partial charge in [0.1, 0.15) is 6.04 Å². The van der Waals surface area contributed by atoms with Crippen molar-refractivity contribution in [2.75, 3.05) is 18.4 Å². The number of amides is 1. The smallest absolute Gasteiger partial charge is 0.326 e. The van der Waals surface area contributed by atoms with Crippen LogP contribution in [0.3, 0.4) is 0 Å². The second-order valence-corrected chi connectivity index (χ2v) is 5.75. The third-order valence-electron chi connectivity index (χ3n) is 4.34. The number of aliphatic carboxylic acids is 1. The Morgan fingerprint density at radius 3 is 2.90 bits per heavy atom. The average Bonchev–Trinajstić information content (AvgIpc) is 2.53. The number of benzene rings is 1. The Labute approximate surface area is 123 Å². The van der Waals surface area contributed by atoms with Crippen LogP contribution in [-0.2, 0) is 11.2 Å². The minimum atomic E-state index is -0.900. The highest BCUT2D eigenvalue weighted by atomic mass is 16.4. The van der Waals surface area contributed by atoms with Crippen LogP contribution in [0.4, 0.5) is 5.69 Å². The van der Waals surface area contributed by atoms with Crippen LogP contribution in [0.5, 0.6) is 0 Å². The molecule has 1 amide bonds. The van der Waals surface area contributed by atoms with Crippen molar-refractivity contribution >= 4 is 17.6 Å². The van der Waals surface area contributed by atoms with Crippen molar-refractivity contribution < 1.29 is 14.7 Å². The number of nitrogens with one attached hydrogen (secondary N) is 1. The lowest BCUT2D eigenvalue weighted by Gasteiger charge is -2.33. The van der Waals surface area contributed by atoms with Crippen LogP contribution in [0.25, 0.3) is 0 Å². The van der Waals surface area contributed by atoms with Crippen molar-refractivity contribution in [3.63, 3.8) is 0 Å². The lowest BCUT2D eigenvalue weighted by atomic mass is 9.98. The average molecular weight is 288 g/mol. The number of aryl methyl sites for hydroxylation is 1. The summed E-state index contributed by atoms with van der Waals surface area (Å²) in [5, 5.41) is 12.6. The van der Waals surface area contributed by atoms with E-state index in [0.717, 1.165) is 43.5 Å². The number of piperidine rings is 1. The number of likely N-dealkylation sites (tertiary alicyclic amines) is 1. The summed E-state index contributed by atoms with van der Waals surface area (Å²) < 4.78 is 0. The van der Waals surface area contributed by atoms with E-state index in [1.165, 1.54) is 4.90 Å². The standard InChI is InChI=1S/C16H20N2O3/c19-15(18-9-2-1-5-14(18)16(20)21)12-6-7-13-11(10-12)4-3-8-17-13/h6-7,10,14,17H,1-5,8-9H2,(H,20,21). The second-order valence-electron chi connectivity index (χ2n) is 5.75. The fourth-order valence-corrected chi connectivity index (χ4v) is 3.21. The predicted molar refractivity (Wildman–Crippen MR) is 79.6 cm³/mol. The Balaban J connectivity index is 1.85. The molecule has 2 aliphatic rings. The third-order valence-corrected chi connectivity index (χ3v) is 4.34. The maximum Gasteiger partial charge on any atom is 0.326 e. The lowest BCUT2D eigenvalue weighted by molar-refractivity contribution is -0.143. The van der Waals surface area contributed by atoms with Crippen LogP contribution >= 0.6 is 0 Å². The molecule has 0 radical (unpaired) electrons. The minimum absolute atomic E-state index is 0.157. The maximum absolute atomic E-state index is 12.6. The van der Waals surface area contributed by atoms with Gasteiger partial charge in [-0.1, -0.05) is 0 Å². The van der Waals surface area contributed by atoms with Gasteiger partial charge in [0.05, 0.1) is 0 Å². The lowest BCUT2D eigenvalue weighted by Crippen LogP contribution is -2.48. The Morgan fingerprint density at radius 2 is 2.10 bits per heavy atom. The van der Waals surface area contributed by atoms with E-state index < -0.39 is 12.0 Å². The molecule has 1 fully saturated rings. The highest BCUT2D eigenvalue weighted by Gasteiger charge is 2.32. The van der Waals surface area contributed by atoms with Gasteiger partial charge in [-0.05, 0) is 55.9 Å². The van der Waals surface area contributed by atoms with Crippen molar-refractivity contribution in [3.05, 3.63) is 29.3 Å². The molecule has 1 unspecified atom stereocenters. The fraction of sp³-hybridized carbons (Fsp3) is 0.500. The number of hydrogen-bond donors (Lipinski definition) is 2. The van der Waals surface area contributed by atoms with Gasteiger partial charge in [0.15, 0.2) is 0 Å². The van der Waals surface area contributed by atoms with Crippen molar-refractivity contribution in [2.24, 2.45) is 0 Å². The summed E-state index contributed by atoms with van der Waals surface area (Å²) in [6.07, 6.45) is 4.32. The topological polar surface area (TPSA) is 69.6 Å². The van der Waals surface area contributed by atoms with Crippen molar-refractivity contribution in [2.45, 2.75) is 38.1 Å². The third kappa shape index (κ3) is 2.73. The molecule has 112 valence electrons. The summed E-state index contributed by atoms with van der Waals surface area (Å²) in [4.78, 5) is 25.5. The molecule has 0 aliphatic carbocycles. The van der Waals surface area contributed by atoms with E-state index >= 15 is 0 Å². The number of carbonyl (C=O) groups excluding carboxylic acids is 1. The molecule has 1 atom stereocenters. The maximum atomic E-state index is 12.6. The normalized spacial score (nSPS) is 21.3. The first-order valence-corrected chi connectivity index (χ1v) is 7.57. The molecule has 1 aromatic carbocycles. The SMILES string of the molecule is O=C(O)C1CCCCN1C(=O)c1ccc2c(c1)CCCN2. The number of carboxylic acid groups (broad SMARTS) is 1. The van der Waals surface area contributed by atoms with E-state index in [0.29, 0.717) is 18.5 Å². The molecule has 2 heterocycles. The van der Waals surface area contributed by atoms with Crippen LogP contribution in [-0.4, -0.2) is 41.0 Å². The monoisotopic (exact) mass is 288 g/mol. The summed E-state index contributed by atoms with van der Waals surface area (Å²) in [6.45, 7) is 1.50. The minimum Gasteiger partial charge on any atom is -0.480 e. The number of carboxylic acids is 1. The van der Waals surface area contributed by atoms with Crippen LogP contribution in [0.1, 0.15) is 41.6 Å². The molecule has 1 aromatic rings. The van der Waals surface area contributed by atoms with Gasteiger partial charge in [-0.25, -0.2) is 4.79 Å². The van der Waals surface area contributed by atoms with Crippen molar-refractivity contribution in [3.8, 4) is 0 Å². The number of fused-ring (bicyclic) bond motifs is 1. The largest absolute Gasteiger partial charge is 0.480 e. The van der Waals surface area contributed by atoms with Gasteiger partial charge in [0.2, 0.25) is 0 Å². The Morgan fingerprint density at radius 1 is 1.24 bits per heavy atom. The quantitative estimate of drug-likeness (QED) is 0.874. The molecule has 2 N–H and O–H groups in total. The first kappa shape index (κ1) is 13.9. The van der Waals surface area contributed by atoms with E-state index in [1.807, 2.05) is 12.1 Å². The first-order valence-electron chi connectivity index (χ1n) is 7.57. The van der Waals surface area contributed by atoms with E-state index in [-0.39, 0.29) is 5.91 Å². The summed E-state index contributed by atoms with van der Waals surface area (Å²) in [5.74, 6) is -1.06. The zero-order valence-corrected chi connectivity index (χ0v) is 12.0. The molecule has 0 spiro atoms. The van der Waals surface area contributed by atoms with Gasteiger partial charge in [-0.15, -0.1) is 0 Å². The predicted octanol–water partition coefficient (Wildman–Crippen LogP) is 2.12. The molecule has 21 heavy (non-hydrogen) atoms. The number of anilines is 1. The van der Waals surface area contributed by atoms with E-state index in [4.69, 9.17) is 0 Å². The molecule has 0 saturated carbocycles. The van der Waals surface area contributed by atoms with Crippen molar-refractivity contribution in [1.82, 2.24) is 4.90 Å².